The van der Waals surface area contributed by atoms with Crippen LogP contribution in [-0.4, -0.2) is 18.1 Å². The van der Waals surface area contributed by atoms with Gasteiger partial charge in [0.05, 0.1) is 0 Å². The molecule has 1 nitrogen and oxygen atoms in total. The predicted molar refractivity (Wildman–Crippen MR) is 46.5 cm³/mol. The molecule has 0 unspecified atom stereocenters. The zero-order valence-electron chi connectivity index (χ0n) is 7.81. The first-order valence-corrected chi connectivity index (χ1v) is 4.13. The van der Waals surface area contributed by atoms with Gasteiger partial charge in [0.1, 0.15) is 0 Å². The minimum atomic E-state index is -4.62. The number of aryl methyl sites for hydroxylation is 1. The van der Waals surface area contributed by atoms with Crippen LogP contribution in [0.15, 0.2) is 24.3 Å². The van der Waals surface area contributed by atoms with E-state index in [2.05, 4.69) is 0 Å². The Balaban J connectivity index is 3.00. The molecule has 15 heavy (non-hydrogen) atoms. The van der Waals surface area contributed by atoms with E-state index in [1.165, 1.54) is 12.1 Å². The van der Waals surface area contributed by atoms with Crippen molar-refractivity contribution in [1.82, 2.24) is 0 Å². The molecule has 5 heteroatoms. The number of ketones is 1. The third kappa shape index (κ3) is 2.34. The van der Waals surface area contributed by atoms with Crippen LogP contribution in [0.1, 0.15) is 15.9 Å². The Labute approximate surface area is 83.7 Å². The van der Waals surface area contributed by atoms with Gasteiger partial charge in [0.25, 0.3) is 0 Å². The third-order valence-corrected chi connectivity index (χ3v) is 1.89. The van der Waals surface area contributed by atoms with Gasteiger partial charge in [0, 0.05) is 5.56 Å². The average Bonchev–Trinajstić information content (AvgIpc) is 2.17. The molecule has 1 aromatic carbocycles. The van der Waals surface area contributed by atoms with Crippen LogP contribution in [0, 0.1) is 6.92 Å². The van der Waals surface area contributed by atoms with Gasteiger partial charge in [-0.15, -0.1) is 0 Å². The molecule has 1 rings (SSSR count). The fraction of sp³-hybridized carbons (Fsp3) is 0.300. The monoisotopic (exact) mass is 220 g/mol. The molecule has 0 atom stereocenters. The SMILES string of the molecule is Cc1ccc(C(=O)C(F)(F)C(F)F)cc1. The summed E-state index contributed by atoms with van der Waals surface area (Å²) in [6.07, 6.45) is -3.98. The van der Waals surface area contributed by atoms with Crippen LogP contribution in [-0.2, 0) is 0 Å². The van der Waals surface area contributed by atoms with Crippen molar-refractivity contribution in [3.05, 3.63) is 35.4 Å². The van der Waals surface area contributed by atoms with Crippen molar-refractivity contribution in [2.75, 3.05) is 0 Å². The minimum Gasteiger partial charge on any atom is -0.287 e. The van der Waals surface area contributed by atoms with Crippen LogP contribution in [0.25, 0.3) is 0 Å². The largest absolute Gasteiger partial charge is 0.368 e. The fourth-order valence-corrected chi connectivity index (χ4v) is 0.996. The first kappa shape index (κ1) is 11.7. The highest BCUT2D eigenvalue weighted by Crippen LogP contribution is 2.27. The van der Waals surface area contributed by atoms with E-state index in [0.29, 0.717) is 0 Å². The molecular formula is C10H8F4O. The van der Waals surface area contributed by atoms with Crippen LogP contribution in [0.2, 0.25) is 0 Å². The van der Waals surface area contributed by atoms with Gasteiger partial charge >= 0.3 is 12.3 Å². The molecule has 1 aromatic rings. The summed E-state index contributed by atoms with van der Waals surface area (Å²) in [7, 11) is 0. The summed E-state index contributed by atoms with van der Waals surface area (Å²) in [6, 6.07) is 5.03. The lowest BCUT2D eigenvalue weighted by Gasteiger charge is -2.13. The predicted octanol–water partition coefficient (Wildman–Crippen LogP) is 3.08. The molecule has 0 aromatic heterocycles. The fourth-order valence-electron chi connectivity index (χ4n) is 0.996. The maximum absolute atomic E-state index is 12.6. The van der Waals surface area contributed by atoms with Crippen LogP contribution in [0.5, 0.6) is 0 Å². The van der Waals surface area contributed by atoms with Gasteiger partial charge in [-0.2, -0.15) is 8.78 Å². The van der Waals surface area contributed by atoms with Gasteiger partial charge < -0.3 is 0 Å². The Morgan fingerprint density at radius 1 is 1.20 bits per heavy atom. The van der Waals surface area contributed by atoms with Crippen molar-refractivity contribution in [2.45, 2.75) is 19.3 Å². The van der Waals surface area contributed by atoms with Gasteiger partial charge in [-0.05, 0) is 6.92 Å². The summed E-state index contributed by atoms with van der Waals surface area (Å²) in [6.45, 7) is 1.69. The van der Waals surface area contributed by atoms with E-state index in [4.69, 9.17) is 0 Å². The van der Waals surface area contributed by atoms with Gasteiger partial charge in [-0.1, -0.05) is 29.8 Å². The number of Topliss-reactive ketones (excluding diaryl/α,β-unsaturated/α-hetero) is 1. The maximum Gasteiger partial charge on any atom is 0.368 e. The number of benzene rings is 1. The molecule has 0 saturated carbocycles. The second-order valence-corrected chi connectivity index (χ2v) is 3.12. The molecular weight excluding hydrogens is 212 g/mol. The standard InChI is InChI=1S/C10H8F4O/c1-6-2-4-7(5-3-6)8(15)10(13,14)9(11)12/h2-5,9H,1H3. The molecule has 0 aliphatic heterocycles. The normalized spacial score (nSPS) is 11.9. The number of hydrogen-bond acceptors (Lipinski definition) is 1. The summed E-state index contributed by atoms with van der Waals surface area (Å²) in [4.78, 5) is 11.0. The van der Waals surface area contributed by atoms with E-state index >= 15 is 0 Å². The van der Waals surface area contributed by atoms with Crippen LogP contribution in [0.4, 0.5) is 17.6 Å². The molecule has 0 N–H and O–H groups in total. The van der Waals surface area contributed by atoms with E-state index < -0.39 is 23.7 Å². The van der Waals surface area contributed by atoms with Crippen LogP contribution < -0.4 is 0 Å². The molecule has 0 saturated heterocycles. The van der Waals surface area contributed by atoms with E-state index in [9.17, 15) is 22.4 Å². The number of rotatable bonds is 3. The van der Waals surface area contributed by atoms with Crippen LogP contribution >= 0.6 is 0 Å². The molecule has 0 aliphatic carbocycles. The highest BCUT2D eigenvalue weighted by Gasteiger charge is 2.48. The molecule has 0 spiro atoms. The van der Waals surface area contributed by atoms with Crippen molar-refractivity contribution in [3.63, 3.8) is 0 Å². The number of carbonyl (C=O) groups is 1. The lowest BCUT2D eigenvalue weighted by Crippen LogP contribution is -2.36. The van der Waals surface area contributed by atoms with E-state index in [-0.39, 0.29) is 0 Å². The number of hydrogen-bond donors (Lipinski definition) is 0. The second kappa shape index (κ2) is 4.00. The number of halogens is 4. The van der Waals surface area contributed by atoms with Gasteiger partial charge in [-0.3, -0.25) is 4.79 Å². The van der Waals surface area contributed by atoms with Gasteiger partial charge in [-0.25, -0.2) is 8.78 Å². The first-order chi connectivity index (χ1) is 6.85. The maximum atomic E-state index is 12.6. The number of alkyl halides is 4. The average molecular weight is 220 g/mol. The third-order valence-electron chi connectivity index (χ3n) is 1.89. The highest BCUT2D eigenvalue weighted by atomic mass is 19.3. The van der Waals surface area contributed by atoms with Gasteiger partial charge in [0.15, 0.2) is 0 Å². The van der Waals surface area contributed by atoms with Crippen molar-refractivity contribution in [2.24, 2.45) is 0 Å². The van der Waals surface area contributed by atoms with Crippen molar-refractivity contribution in [1.29, 1.82) is 0 Å². The van der Waals surface area contributed by atoms with Gasteiger partial charge in [0.2, 0.25) is 5.78 Å². The Hall–Kier alpha value is -1.39. The molecule has 0 amide bonds. The van der Waals surface area contributed by atoms with Crippen molar-refractivity contribution in [3.8, 4) is 0 Å². The minimum absolute atomic E-state index is 0.411. The number of carbonyl (C=O) groups excluding carboxylic acids is 1. The van der Waals surface area contributed by atoms with Crippen LogP contribution in [0.3, 0.4) is 0 Å². The molecule has 0 radical (unpaired) electrons. The Kier molecular flexibility index (Phi) is 3.12. The first-order valence-electron chi connectivity index (χ1n) is 4.13. The Morgan fingerprint density at radius 3 is 2.07 bits per heavy atom. The van der Waals surface area contributed by atoms with E-state index in [1.807, 2.05) is 0 Å². The van der Waals surface area contributed by atoms with E-state index in [0.717, 1.165) is 17.7 Å². The zero-order chi connectivity index (χ0) is 11.6. The molecule has 0 heterocycles. The summed E-state index contributed by atoms with van der Waals surface area (Å²) in [5.74, 6) is -6.47. The smallest absolute Gasteiger partial charge is 0.287 e. The summed E-state index contributed by atoms with van der Waals surface area (Å²) < 4.78 is 49.0. The second-order valence-electron chi connectivity index (χ2n) is 3.12. The topological polar surface area (TPSA) is 17.1 Å². The highest BCUT2D eigenvalue weighted by molar-refractivity contribution is 6.01. The summed E-state index contributed by atoms with van der Waals surface area (Å²) >= 11 is 0. The lowest BCUT2D eigenvalue weighted by molar-refractivity contribution is -0.0958. The van der Waals surface area contributed by atoms with E-state index in [1.54, 1.807) is 6.92 Å². The molecule has 0 aliphatic rings. The van der Waals surface area contributed by atoms with Crippen molar-refractivity contribution >= 4 is 5.78 Å². The molecule has 82 valence electrons. The molecule has 0 bridgehead atoms. The Bertz CT molecular complexity index is 356. The summed E-state index contributed by atoms with van der Waals surface area (Å²) in [5.41, 5.74) is 0.345. The summed E-state index contributed by atoms with van der Waals surface area (Å²) in [5, 5.41) is 0. The Morgan fingerprint density at radius 2 is 1.67 bits per heavy atom. The molecule has 0 fully saturated rings. The zero-order valence-corrected chi connectivity index (χ0v) is 7.81. The van der Waals surface area contributed by atoms with Crippen molar-refractivity contribution < 1.29 is 22.4 Å². The quantitative estimate of drug-likeness (QED) is 0.565. The lowest BCUT2D eigenvalue weighted by atomic mass is 10.0.